The zero-order chi connectivity index (χ0) is 7.11. The molecule has 0 rings (SSSR count). The molecule has 52 valence electrons. The van der Waals surface area contributed by atoms with Crippen molar-refractivity contribution in [3.05, 3.63) is 0 Å². The first kappa shape index (κ1) is 8.41. The minimum Gasteiger partial charge on any atom is -0.330 e. The Labute approximate surface area is 55.8 Å². The molecule has 0 aliphatic carbocycles. The van der Waals surface area contributed by atoms with Crippen LogP contribution in [0.4, 0.5) is 0 Å². The summed E-state index contributed by atoms with van der Waals surface area (Å²) in [6.07, 6.45) is 0.937. The number of nitriles is 1. The quantitative estimate of drug-likeness (QED) is 0.516. The van der Waals surface area contributed by atoms with Gasteiger partial charge in [0, 0.05) is 0 Å². The smallest absolute Gasteiger partial charge is 0.0924 e. The van der Waals surface area contributed by atoms with Crippen LogP contribution in [0.15, 0.2) is 0 Å². The van der Waals surface area contributed by atoms with E-state index in [1.807, 2.05) is 6.92 Å². The normalized spacial score (nSPS) is 12.6. The summed E-state index contributed by atoms with van der Waals surface area (Å²) >= 11 is 0. The van der Waals surface area contributed by atoms with E-state index >= 15 is 0 Å². The molecule has 3 N–H and O–H groups in total. The highest BCUT2D eigenvalue weighted by atomic mass is 14.9. The molecule has 0 heterocycles. The largest absolute Gasteiger partial charge is 0.330 e. The van der Waals surface area contributed by atoms with Crippen LogP contribution in [-0.4, -0.2) is 19.1 Å². The summed E-state index contributed by atoms with van der Waals surface area (Å²) in [5.74, 6) is 0. The lowest BCUT2D eigenvalue weighted by Crippen LogP contribution is -2.26. The third-order valence-electron chi connectivity index (χ3n) is 1.03. The van der Waals surface area contributed by atoms with Crippen molar-refractivity contribution in [1.29, 1.82) is 5.26 Å². The zero-order valence-electron chi connectivity index (χ0n) is 5.72. The van der Waals surface area contributed by atoms with Crippen molar-refractivity contribution in [3.8, 4) is 6.07 Å². The molecule has 3 nitrogen and oxygen atoms in total. The van der Waals surface area contributed by atoms with Gasteiger partial charge in [-0.1, -0.05) is 0 Å². The van der Waals surface area contributed by atoms with Crippen LogP contribution >= 0.6 is 0 Å². The first-order chi connectivity index (χ1) is 4.31. The summed E-state index contributed by atoms with van der Waals surface area (Å²) in [5.41, 5.74) is 5.23. The van der Waals surface area contributed by atoms with Crippen molar-refractivity contribution >= 4 is 0 Å². The second-order valence-corrected chi connectivity index (χ2v) is 1.95. The molecule has 0 bridgehead atoms. The van der Waals surface area contributed by atoms with Gasteiger partial charge < -0.3 is 11.1 Å². The van der Waals surface area contributed by atoms with Crippen molar-refractivity contribution < 1.29 is 0 Å². The Morgan fingerprint density at radius 3 is 2.89 bits per heavy atom. The summed E-state index contributed by atoms with van der Waals surface area (Å²) in [7, 11) is 0. The second-order valence-electron chi connectivity index (χ2n) is 1.95. The molecule has 0 aliphatic heterocycles. The minimum atomic E-state index is -0.0449. The molecule has 0 aromatic rings. The fourth-order valence-corrected chi connectivity index (χ4v) is 0.466. The van der Waals surface area contributed by atoms with E-state index in [0.717, 1.165) is 13.0 Å². The predicted molar refractivity (Wildman–Crippen MR) is 36.7 cm³/mol. The first-order valence-electron chi connectivity index (χ1n) is 3.14. The fourth-order valence-electron chi connectivity index (χ4n) is 0.466. The third-order valence-corrected chi connectivity index (χ3v) is 1.03. The molecular formula is C6H13N3. The van der Waals surface area contributed by atoms with Crippen LogP contribution in [0.25, 0.3) is 0 Å². The monoisotopic (exact) mass is 127 g/mol. The minimum absolute atomic E-state index is 0.0449. The summed E-state index contributed by atoms with van der Waals surface area (Å²) in [6, 6.07) is 2.03. The molecule has 0 saturated heterocycles. The summed E-state index contributed by atoms with van der Waals surface area (Å²) in [5, 5.41) is 11.3. The van der Waals surface area contributed by atoms with E-state index in [1.54, 1.807) is 0 Å². The fraction of sp³-hybridized carbons (Fsp3) is 0.833. The highest BCUT2D eigenvalue weighted by Crippen LogP contribution is 1.76. The topological polar surface area (TPSA) is 61.8 Å². The van der Waals surface area contributed by atoms with Crippen molar-refractivity contribution in [3.63, 3.8) is 0 Å². The molecule has 9 heavy (non-hydrogen) atoms. The average Bonchev–Trinajstić information content (AvgIpc) is 1.89. The molecule has 3 heteroatoms. The van der Waals surface area contributed by atoms with Crippen molar-refractivity contribution in [1.82, 2.24) is 5.32 Å². The van der Waals surface area contributed by atoms with E-state index in [9.17, 15) is 0 Å². The predicted octanol–water partition coefficient (Wildman–Crippen LogP) is -0.163. The molecule has 0 spiro atoms. The van der Waals surface area contributed by atoms with Crippen molar-refractivity contribution in [2.24, 2.45) is 5.73 Å². The molecule has 1 atom stereocenters. The highest BCUT2D eigenvalue weighted by Gasteiger charge is 1.93. The maximum atomic E-state index is 8.29. The van der Waals surface area contributed by atoms with Gasteiger partial charge in [-0.25, -0.2) is 0 Å². The van der Waals surface area contributed by atoms with E-state index in [-0.39, 0.29) is 6.04 Å². The van der Waals surface area contributed by atoms with Crippen LogP contribution in [0, 0.1) is 11.3 Å². The van der Waals surface area contributed by atoms with Gasteiger partial charge in [0.25, 0.3) is 0 Å². The van der Waals surface area contributed by atoms with E-state index in [0.29, 0.717) is 6.54 Å². The lowest BCUT2D eigenvalue weighted by atomic mass is 10.3. The lowest BCUT2D eigenvalue weighted by Gasteiger charge is -2.02. The molecule has 0 aliphatic rings. The van der Waals surface area contributed by atoms with Gasteiger partial charge in [0.05, 0.1) is 12.1 Å². The van der Waals surface area contributed by atoms with E-state index in [4.69, 9.17) is 11.0 Å². The zero-order valence-corrected chi connectivity index (χ0v) is 5.72. The molecule has 0 radical (unpaired) electrons. The molecule has 0 aromatic heterocycles. The van der Waals surface area contributed by atoms with Crippen LogP contribution in [0.3, 0.4) is 0 Å². The number of nitrogens with one attached hydrogen (secondary N) is 1. The summed E-state index contributed by atoms with van der Waals surface area (Å²) in [4.78, 5) is 0. The Kier molecular flexibility index (Phi) is 5.18. The van der Waals surface area contributed by atoms with Crippen LogP contribution in [0.2, 0.25) is 0 Å². The second kappa shape index (κ2) is 5.54. The Morgan fingerprint density at radius 2 is 2.44 bits per heavy atom. The van der Waals surface area contributed by atoms with Gasteiger partial charge in [-0.05, 0) is 26.4 Å². The Bertz CT molecular complexity index is 95.0. The SMILES string of the molecule is CC(C#N)NCCCN. The van der Waals surface area contributed by atoms with Gasteiger partial charge in [-0.3, -0.25) is 0 Å². The molecular weight excluding hydrogens is 114 g/mol. The molecule has 0 amide bonds. The first-order valence-corrected chi connectivity index (χ1v) is 3.14. The van der Waals surface area contributed by atoms with Gasteiger partial charge >= 0.3 is 0 Å². The summed E-state index contributed by atoms with van der Waals surface area (Å²) < 4.78 is 0. The molecule has 1 unspecified atom stereocenters. The summed E-state index contributed by atoms with van der Waals surface area (Å²) in [6.45, 7) is 3.35. The van der Waals surface area contributed by atoms with Gasteiger partial charge in [0.15, 0.2) is 0 Å². The van der Waals surface area contributed by atoms with Crippen LogP contribution < -0.4 is 11.1 Å². The molecule has 0 aromatic carbocycles. The Balaban J connectivity index is 2.99. The number of hydrogen-bond acceptors (Lipinski definition) is 3. The van der Waals surface area contributed by atoms with Crippen LogP contribution in [0.5, 0.6) is 0 Å². The van der Waals surface area contributed by atoms with Gasteiger partial charge in [-0.15, -0.1) is 0 Å². The van der Waals surface area contributed by atoms with Crippen LogP contribution in [0.1, 0.15) is 13.3 Å². The number of rotatable bonds is 4. The number of hydrogen-bond donors (Lipinski definition) is 2. The Hall–Kier alpha value is -0.590. The van der Waals surface area contributed by atoms with Gasteiger partial charge in [-0.2, -0.15) is 5.26 Å². The van der Waals surface area contributed by atoms with E-state index in [2.05, 4.69) is 11.4 Å². The Morgan fingerprint density at radius 1 is 1.78 bits per heavy atom. The van der Waals surface area contributed by atoms with Crippen molar-refractivity contribution in [2.75, 3.05) is 13.1 Å². The molecule has 0 saturated carbocycles. The van der Waals surface area contributed by atoms with Crippen molar-refractivity contribution in [2.45, 2.75) is 19.4 Å². The van der Waals surface area contributed by atoms with Gasteiger partial charge in [0.1, 0.15) is 0 Å². The van der Waals surface area contributed by atoms with E-state index in [1.165, 1.54) is 0 Å². The number of nitrogens with two attached hydrogens (primary N) is 1. The number of nitrogens with zero attached hydrogens (tertiary/aromatic N) is 1. The van der Waals surface area contributed by atoms with Crippen LogP contribution in [-0.2, 0) is 0 Å². The van der Waals surface area contributed by atoms with Gasteiger partial charge in [0.2, 0.25) is 0 Å². The van der Waals surface area contributed by atoms with E-state index < -0.39 is 0 Å². The third kappa shape index (κ3) is 5.28. The lowest BCUT2D eigenvalue weighted by molar-refractivity contribution is 0.618. The molecule has 0 fully saturated rings. The standard InChI is InChI=1S/C6H13N3/c1-6(5-8)9-4-2-3-7/h6,9H,2-4,7H2,1H3. The maximum absolute atomic E-state index is 8.29. The maximum Gasteiger partial charge on any atom is 0.0924 e. The highest BCUT2D eigenvalue weighted by molar-refractivity contribution is 4.84. The average molecular weight is 127 g/mol.